The Hall–Kier alpha value is -1.39. The van der Waals surface area contributed by atoms with Gasteiger partial charge in [0.2, 0.25) is 0 Å². The molecule has 2 rings (SSSR count). The molecule has 1 heterocycles. The second-order valence-corrected chi connectivity index (χ2v) is 5.60. The molecule has 1 aromatic heterocycles. The van der Waals surface area contributed by atoms with E-state index in [0.29, 0.717) is 6.61 Å². The Morgan fingerprint density at radius 3 is 2.52 bits per heavy atom. The number of nitrogens with zero attached hydrogens (tertiary/aromatic N) is 2. The van der Waals surface area contributed by atoms with Crippen LogP contribution in [-0.2, 0) is 18.2 Å². The number of aryl methyl sites for hydroxylation is 1. The number of benzene rings is 1. The molecule has 0 saturated heterocycles. The van der Waals surface area contributed by atoms with Crippen molar-refractivity contribution in [1.82, 2.24) is 9.78 Å². The predicted octanol–water partition coefficient (Wildman–Crippen LogP) is 3.04. The fourth-order valence-corrected chi connectivity index (χ4v) is 3.21. The minimum Gasteiger partial charge on any atom is -0.374 e. The summed E-state index contributed by atoms with van der Waals surface area (Å²) in [7, 11) is 1.98. The van der Waals surface area contributed by atoms with Crippen LogP contribution in [0.4, 0.5) is 0 Å². The molecule has 1 unspecified atom stereocenters. The molecule has 21 heavy (non-hydrogen) atoms. The minimum atomic E-state index is -0.257. The van der Waals surface area contributed by atoms with Gasteiger partial charge in [-0.15, -0.1) is 0 Å². The van der Waals surface area contributed by atoms with Crippen LogP contribution in [0.3, 0.4) is 0 Å². The molecule has 0 aliphatic carbocycles. The zero-order chi connectivity index (χ0) is 15.5. The van der Waals surface area contributed by atoms with Gasteiger partial charge in [-0.3, -0.25) is 4.68 Å². The fourth-order valence-electron chi connectivity index (χ4n) is 3.21. The van der Waals surface area contributed by atoms with Crippen LogP contribution in [0.25, 0.3) is 10.9 Å². The molecule has 1 atom stereocenters. The van der Waals surface area contributed by atoms with Crippen molar-refractivity contribution in [1.29, 1.82) is 0 Å². The summed E-state index contributed by atoms with van der Waals surface area (Å²) in [4.78, 5) is 0. The van der Waals surface area contributed by atoms with Crippen LogP contribution in [0, 0.1) is 0 Å². The Bertz CT molecular complexity index is 587. The molecule has 0 fully saturated rings. The van der Waals surface area contributed by atoms with E-state index in [2.05, 4.69) is 37.1 Å². The zero-order valence-electron chi connectivity index (χ0n) is 13.6. The van der Waals surface area contributed by atoms with Crippen LogP contribution in [0.5, 0.6) is 0 Å². The number of hydrogen-bond donors (Lipinski definition) is 1. The summed E-state index contributed by atoms with van der Waals surface area (Å²) >= 11 is 0. The van der Waals surface area contributed by atoms with Crippen LogP contribution >= 0.6 is 0 Å². The van der Waals surface area contributed by atoms with E-state index in [-0.39, 0.29) is 11.6 Å². The summed E-state index contributed by atoms with van der Waals surface area (Å²) in [5.74, 6) is 0. The molecule has 2 N–H and O–H groups in total. The highest BCUT2D eigenvalue weighted by molar-refractivity contribution is 5.81. The molecule has 0 aliphatic heterocycles. The molecule has 0 spiro atoms. The number of aromatic nitrogens is 2. The molecule has 2 aromatic rings. The topological polar surface area (TPSA) is 53.1 Å². The van der Waals surface area contributed by atoms with Crippen molar-refractivity contribution in [3.8, 4) is 0 Å². The van der Waals surface area contributed by atoms with Gasteiger partial charge in [0.05, 0.1) is 16.8 Å². The number of fused-ring (bicyclic) bond motifs is 1. The first kappa shape index (κ1) is 16.0. The van der Waals surface area contributed by atoms with Crippen LogP contribution in [0.2, 0.25) is 0 Å². The SMILES string of the molecule is CCOC(CC)(CC)C(N)Cc1nn(C)c2ccccc12. The maximum Gasteiger partial charge on any atom is 0.0831 e. The molecule has 4 heteroatoms. The maximum atomic E-state index is 6.52. The van der Waals surface area contributed by atoms with E-state index in [1.165, 1.54) is 5.39 Å². The lowest BCUT2D eigenvalue weighted by molar-refractivity contribution is -0.0634. The van der Waals surface area contributed by atoms with Gasteiger partial charge in [0.1, 0.15) is 0 Å². The molecule has 0 radical (unpaired) electrons. The lowest BCUT2D eigenvalue weighted by atomic mass is 9.85. The third-order valence-electron chi connectivity index (χ3n) is 4.55. The number of ether oxygens (including phenoxy) is 1. The van der Waals surface area contributed by atoms with Crippen LogP contribution in [-0.4, -0.2) is 28.0 Å². The summed E-state index contributed by atoms with van der Waals surface area (Å²) in [6, 6.07) is 8.24. The van der Waals surface area contributed by atoms with Crippen LogP contribution in [0.1, 0.15) is 39.3 Å². The van der Waals surface area contributed by atoms with Gasteiger partial charge in [-0.25, -0.2) is 0 Å². The highest BCUT2D eigenvalue weighted by Gasteiger charge is 2.34. The average molecular weight is 289 g/mol. The largest absolute Gasteiger partial charge is 0.374 e. The highest BCUT2D eigenvalue weighted by Crippen LogP contribution is 2.27. The third kappa shape index (κ3) is 2.97. The van der Waals surface area contributed by atoms with Crippen molar-refractivity contribution in [2.45, 2.75) is 51.7 Å². The maximum absolute atomic E-state index is 6.52. The van der Waals surface area contributed by atoms with Crippen LogP contribution < -0.4 is 5.73 Å². The summed E-state index contributed by atoms with van der Waals surface area (Å²) in [6.45, 7) is 7.02. The van der Waals surface area contributed by atoms with Crippen molar-refractivity contribution in [2.24, 2.45) is 12.8 Å². The fraction of sp³-hybridized carbons (Fsp3) is 0.588. The second kappa shape index (κ2) is 6.58. The van der Waals surface area contributed by atoms with E-state index < -0.39 is 0 Å². The highest BCUT2D eigenvalue weighted by atomic mass is 16.5. The Kier molecular flexibility index (Phi) is 5.01. The Morgan fingerprint density at radius 2 is 1.90 bits per heavy atom. The van der Waals surface area contributed by atoms with Crippen molar-refractivity contribution in [3.05, 3.63) is 30.0 Å². The first-order chi connectivity index (χ1) is 10.1. The molecular formula is C17H27N3O. The number of rotatable bonds is 7. The van der Waals surface area contributed by atoms with Gasteiger partial charge in [-0.1, -0.05) is 32.0 Å². The van der Waals surface area contributed by atoms with Gasteiger partial charge in [0.15, 0.2) is 0 Å². The molecule has 116 valence electrons. The van der Waals surface area contributed by atoms with E-state index in [1.807, 2.05) is 24.7 Å². The number of nitrogens with two attached hydrogens (primary N) is 1. The standard InChI is InChI=1S/C17H27N3O/c1-5-17(6-2,21-7-3)16(18)12-14-13-10-8-9-11-15(13)20(4)19-14/h8-11,16H,5-7,12,18H2,1-4H3. The van der Waals surface area contributed by atoms with Gasteiger partial charge in [0.25, 0.3) is 0 Å². The van der Waals surface area contributed by atoms with Gasteiger partial charge >= 0.3 is 0 Å². The Labute approximate surface area is 127 Å². The van der Waals surface area contributed by atoms with E-state index in [1.54, 1.807) is 0 Å². The first-order valence-electron chi connectivity index (χ1n) is 7.88. The van der Waals surface area contributed by atoms with Crippen molar-refractivity contribution in [2.75, 3.05) is 6.61 Å². The lowest BCUT2D eigenvalue weighted by Crippen LogP contribution is -2.50. The first-order valence-corrected chi connectivity index (χ1v) is 7.88. The molecular weight excluding hydrogens is 262 g/mol. The molecule has 0 bridgehead atoms. The van der Waals surface area contributed by atoms with Gasteiger partial charge < -0.3 is 10.5 Å². The van der Waals surface area contributed by atoms with Gasteiger partial charge in [-0.05, 0) is 25.8 Å². The number of para-hydroxylation sites is 1. The quantitative estimate of drug-likeness (QED) is 0.852. The molecule has 4 nitrogen and oxygen atoms in total. The molecule has 0 amide bonds. The van der Waals surface area contributed by atoms with E-state index in [4.69, 9.17) is 10.5 Å². The van der Waals surface area contributed by atoms with Crippen molar-refractivity contribution < 1.29 is 4.74 Å². The molecule has 0 aliphatic rings. The minimum absolute atomic E-state index is 0.0502. The van der Waals surface area contributed by atoms with E-state index >= 15 is 0 Å². The van der Waals surface area contributed by atoms with E-state index in [0.717, 1.165) is 30.5 Å². The summed E-state index contributed by atoms with van der Waals surface area (Å²) < 4.78 is 7.95. The van der Waals surface area contributed by atoms with Gasteiger partial charge in [-0.2, -0.15) is 5.10 Å². The van der Waals surface area contributed by atoms with Crippen molar-refractivity contribution >= 4 is 10.9 Å². The van der Waals surface area contributed by atoms with E-state index in [9.17, 15) is 0 Å². The normalized spacial score (nSPS) is 13.8. The van der Waals surface area contributed by atoms with Gasteiger partial charge in [0, 0.05) is 31.5 Å². The second-order valence-electron chi connectivity index (χ2n) is 5.60. The smallest absolute Gasteiger partial charge is 0.0831 e. The summed E-state index contributed by atoms with van der Waals surface area (Å²) in [6.07, 6.45) is 2.58. The predicted molar refractivity (Wildman–Crippen MR) is 87.3 cm³/mol. The molecule has 1 aromatic carbocycles. The average Bonchev–Trinajstić information content (AvgIpc) is 2.82. The monoisotopic (exact) mass is 289 g/mol. The molecule has 0 saturated carbocycles. The van der Waals surface area contributed by atoms with Crippen LogP contribution in [0.15, 0.2) is 24.3 Å². The Morgan fingerprint density at radius 1 is 1.24 bits per heavy atom. The summed E-state index contributed by atoms with van der Waals surface area (Å²) in [5.41, 5.74) is 8.47. The number of hydrogen-bond acceptors (Lipinski definition) is 3. The lowest BCUT2D eigenvalue weighted by Gasteiger charge is -2.37. The van der Waals surface area contributed by atoms with Crippen molar-refractivity contribution in [3.63, 3.8) is 0 Å². The Balaban J connectivity index is 2.30. The summed E-state index contributed by atoms with van der Waals surface area (Å²) in [5, 5.41) is 5.84. The zero-order valence-corrected chi connectivity index (χ0v) is 13.6. The third-order valence-corrected chi connectivity index (χ3v) is 4.55.